The second kappa shape index (κ2) is 4.63. The van der Waals surface area contributed by atoms with Crippen molar-refractivity contribution in [2.45, 2.75) is 32.9 Å². The number of tetrazole rings is 1. The predicted molar refractivity (Wildman–Crippen MR) is 51.8 cm³/mol. The maximum Gasteiger partial charge on any atom is 0.172 e. The zero-order chi connectivity index (χ0) is 10.5. The van der Waals surface area contributed by atoms with Crippen LogP contribution in [0.4, 0.5) is 0 Å². The van der Waals surface area contributed by atoms with E-state index in [1.54, 1.807) is 11.0 Å². The van der Waals surface area contributed by atoms with E-state index in [1.807, 2.05) is 4.68 Å². The summed E-state index contributed by atoms with van der Waals surface area (Å²) < 4.78 is 3.51. The molecule has 2 aromatic rings. The molecule has 0 aliphatic heterocycles. The SMILES string of the molecule is CCCCn1nnnc1Cn1cncn1. The third-order valence-electron chi connectivity index (χ3n) is 2.10. The fourth-order valence-electron chi connectivity index (χ4n) is 1.28. The number of aromatic nitrogens is 7. The van der Waals surface area contributed by atoms with Crippen molar-refractivity contribution in [3.05, 3.63) is 18.5 Å². The Hall–Kier alpha value is -1.79. The van der Waals surface area contributed by atoms with Gasteiger partial charge < -0.3 is 0 Å². The second-order valence-corrected chi connectivity index (χ2v) is 3.26. The molecule has 0 bridgehead atoms. The van der Waals surface area contributed by atoms with Crippen molar-refractivity contribution in [3.8, 4) is 0 Å². The molecular weight excluding hydrogens is 194 g/mol. The van der Waals surface area contributed by atoms with Crippen LogP contribution in [-0.2, 0) is 13.1 Å². The molecule has 0 spiro atoms. The molecule has 2 aromatic heterocycles. The molecule has 2 heterocycles. The highest BCUT2D eigenvalue weighted by molar-refractivity contribution is 4.81. The topological polar surface area (TPSA) is 74.3 Å². The molecule has 0 unspecified atom stereocenters. The minimum Gasteiger partial charge on any atom is -0.245 e. The van der Waals surface area contributed by atoms with Gasteiger partial charge in [-0.3, -0.25) is 0 Å². The second-order valence-electron chi connectivity index (χ2n) is 3.26. The van der Waals surface area contributed by atoms with Crippen LogP contribution in [0.15, 0.2) is 12.7 Å². The van der Waals surface area contributed by atoms with Crippen LogP contribution in [0.2, 0.25) is 0 Å². The fraction of sp³-hybridized carbons (Fsp3) is 0.625. The highest BCUT2D eigenvalue weighted by Gasteiger charge is 2.06. The van der Waals surface area contributed by atoms with Gasteiger partial charge in [0.1, 0.15) is 19.2 Å². The van der Waals surface area contributed by atoms with Crippen molar-refractivity contribution in [1.82, 2.24) is 35.0 Å². The van der Waals surface area contributed by atoms with Crippen LogP contribution < -0.4 is 0 Å². The Balaban J connectivity index is 2.04. The predicted octanol–water partition coefficient (Wildman–Crippen LogP) is 0.113. The van der Waals surface area contributed by atoms with Gasteiger partial charge in [0, 0.05) is 6.54 Å². The molecule has 2 rings (SSSR count). The van der Waals surface area contributed by atoms with Crippen LogP contribution in [0.1, 0.15) is 25.6 Å². The van der Waals surface area contributed by atoms with Crippen LogP contribution in [-0.4, -0.2) is 35.0 Å². The first kappa shape index (κ1) is 9.75. The van der Waals surface area contributed by atoms with Gasteiger partial charge in [0.05, 0.1) is 0 Å². The van der Waals surface area contributed by atoms with Gasteiger partial charge in [0.25, 0.3) is 0 Å². The molecule has 7 heteroatoms. The van der Waals surface area contributed by atoms with Gasteiger partial charge in [-0.1, -0.05) is 13.3 Å². The Morgan fingerprint density at radius 3 is 3.07 bits per heavy atom. The van der Waals surface area contributed by atoms with Gasteiger partial charge in [-0.15, -0.1) is 5.10 Å². The van der Waals surface area contributed by atoms with E-state index in [0.717, 1.165) is 25.2 Å². The summed E-state index contributed by atoms with van der Waals surface area (Å²) in [4.78, 5) is 3.87. The van der Waals surface area contributed by atoms with Crippen molar-refractivity contribution in [1.29, 1.82) is 0 Å². The number of unbranched alkanes of at least 4 members (excludes halogenated alkanes) is 1. The summed E-state index contributed by atoms with van der Waals surface area (Å²) in [6.45, 7) is 3.56. The van der Waals surface area contributed by atoms with E-state index in [9.17, 15) is 0 Å². The lowest BCUT2D eigenvalue weighted by Gasteiger charge is -2.02. The van der Waals surface area contributed by atoms with E-state index in [1.165, 1.54) is 6.33 Å². The zero-order valence-corrected chi connectivity index (χ0v) is 8.61. The van der Waals surface area contributed by atoms with E-state index in [-0.39, 0.29) is 0 Å². The normalized spacial score (nSPS) is 10.7. The average Bonchev–Trinajstić information content (AvgIpc) is 2.87. The van der Waals surface area contributed by atoms with Gasteiger partial charge in [-0.05, 0) is 16.8 Å². The molecule has 0 N–H and O–H groups in total. The smallest absolute Gasteiger partial charge is 0.172 e. The molecule has 0 radical (unpaired) electrons. The average molecular weight is 207 g/mol. The maximum absolute atomic E-state index is 4.01. The Bertz CT molecular complexity index is 391. The lowest BCUT2D eigenvalue weighted by molar-refractivity contribution is 0.514. The molecule has 7 nitrogen and oxygen atoms in total. The summed E-state index contributed by atoms with van der Waals surface area (Å²) >= 11 is 0. The Labute approximate surface area is 87.1 Å². The first-order chi connectivity index (χ1) is 7.40. The zero-order valence-electron chi connectivity index (χ0n) is 8.61. The molecule has 80 valence electrons. The van der Waals surface area contributed by atoms with Crippen LogP contribution >= 0.6 is 0 Å². The lowest BCUT2D eigenvalue weighted by atomic mass is 10.3. The number of hydrogen-bond acceptors (Lipinski definition) is 5. The lowest BCUT2D eigenvalue weighted by Crippen LogP contribution is -2.10. The van der Waals surface area contributed by atoms with E-state index in [0.29, 0.717) is 6.54 Å². The molecular formula is C8H13N7. The Morgan fingerprint density at radius 1 is 1.40 bits per heavy atom. The van der Waals surface area contributed by atoms with Gasteiger partial charge in [-0.2, -0.15) is 5.10 Å². The molecule has 0 amide bonds. The summed E-state index contributed by atoms with van der Waals surface area (Å²) in [6, 6.07) is 0. The van der Waals surface area contributed by atoms with Crippen molar-refractivity contribution in [2.24, 2.45) is 0 Å². The highest BCUT2D eigenvalue weighted by atomic mass is 15.5. The molecule has 0 aliphatic rings. The minimum atomic E-state index is 0.566. The molecule has 0 aromatic carbocycles. The summed E-state index contributed by atoms with van der Waals surface area (Å²) in [5, 5.41) is 15.6. The van der Waals surface area contributed by atoms with Crippen LogP contribution in [0.5, 0.6) is 0 Å². The van der Waals surface area contributed by atoms with Crippen molar-refractivity contribution in [3.63, 3.8) is 0 Å². The van der Waals surface area contributed by atoms with Crippen molar-refractivity contribution < 1.29 is 0 Å². The highest BCUT2D eigenvalue weighted by Crippen LogP contribution is 1.98. The number of hydrogen-bond donors (Lipinski definition) is 0. The number of nitrogens with zero attached hydrogens (tertiary/aromatic N) is 7. The molecule has 0 aliphatic carbocycles. The van der Waals surface area contributed by atoms with E-state index < -0.39 is 0 Å². The summed E-state index contributed by atoms with van der Waals surface area (Å²) in [7, 11) is 0. The minimum absolute atomic E-state index is 0.566. The standard InChI is InChI=1S/C8H13N7/c1-2-3-4-15-8(11-12-13-15)5-14-7-9-6-10-14/h6-7H,2-5H2,1H3. The summed E-state index contributed by atoms with van der Waals surface area (Å²) in [5.74, 6) is 0.814. The van der Waals surface area contributed by atoms with Crippen molar-refractivity contribution >= 4 is 0 Å². The molecule has 0 fully saturated rings. The number of aryl methyl sites for hydroxylation is 1. The first-order valence-corrected chi connectivity index (χ1v) is 4.97. The van der Waals surface area contributed by atoms with E-state index in [2.05, 4.69) is 32.5 Å². The first-order valence-electron chi connectivity index (χ1n) is 4.97. The van der Waals surface area contributed by atoms with E-state index >= 15 is 0 Å². The third-order valence-corrected chi connectivity index (χ3v) is 2.10. The van der Waals surface area contributed by atoms with Gasteiger partial charge in [0.2, 0.25) is 0 Å². The monoisotopic (exact) mass is 207 g/mol. The third kappa shape index (κ3) is 2.36. The number of rotatable bonds is 5. The fourth-order valence-corrected chi connectivity index (χ4v) is 1.28. The van der Waals surface area contributed by atoms with Gasteiger partial charge in [0.15, 0.2) is 5.82 Å². The molecule has 0 atom stereocenters. The molecule has 0 saturated heterocycles. The maximum atomic E-state index is 4.01. The molecule has 15 heavy (non-hydrogen) atoms. The summed E-state index contributed by atoms with van der Waals surface area (Å²) in [5.41, 5.74) is 0. The van der Waals surface area contributed by atoms with Crippen LogP contribution in [0, 0.1) is 0 Å². The van der Waals surface area contributed by atoms with Crippen LogP contribution in [0.3, 0.4) is 0 Å². The van der Waals surface area contributed by atoms with Gasteiger partial charge in [-0.25, -0.2) is 14.3 Å². The summed E-state index contributed by atoms with van der Waals surface area (Å²) in [6.07, 6.45) is 5.36. The largest absolute Gasteiger partial charge is 0.245 e. The van der Waals surface area contributed by atoms with E-state index in [4.69, 9.17) is 0 Å². The Kier molecular flexibility index (Phi) is 3.01. The quantitative estimate of drug-likeness (QED) is 0.695. The van der Waals surface area contributed by atoms with Gasteiger partial charge >= 0.3 is 0 Å². The molecule has 0 saturated carbocycles. The van der Waals surface area contributed by atoms with Crippen LogP contribution in [0.25, 0.3) is 0 Å². The Morgan fingerprint density at radius 2 is 2.33 bits per heavy atom. The van der Waals surface area contributed by atoms with Crippen molar-refractivity contribution in [2.75, 3.05) is 0 Å².